The van der Waals surface area contributed by atoms with Crippen LogP contribution >= 0.6 is 0 Å². The van der Waals surface area contributed by atoms with Crippen molar-refractivity contribution in [2.45, 2.75) is 96.2 Å². The van der Waals surface area contributed by atoms with Crippen LogP contribution in [0.1, 0.15) is 90.0 Å². The molecular formula is C30H42O5. The first-order valence-electron chi connectivity index (χ1n) is 13.4. The topological polar surface area (TPSA) is 65.0 Å². The van der Waals surface area contributed by atoms with E-state index in [9.17, 15) is 9.90 Å². The fourth-order valence-corrected chi connectivity index (χ4v) is 4.62. The van der Waals surface area contributed by atoms with Gasteiger partial charge in [-0.3, -0.25) is 0 Å². The molecule has 0 spiro atoms. The summed E-state index contributed by atoms with van der Waals surface area (Å²) in [6, 6.07) is 16.2. The van der Waals surface area contributed by atoms with Crippen LogP contribution in [0.25, 0.3) is 11.1 Å². The molecule has 1 fully saturated rings. The van der Waals surface area contributed by atoms with Crippen molar-refractivity contribution in [3.8, 4) is 16.9 Å². The maximum absolute atomic E-state index is 12.0. The smallest absolute Gasteiger partial charge is 0.494 e. The molecule has 2 aromatic rings. The highest BCUT2D eigenvalue weighted by Crippen LogP contribution is 2.39. The Hall–Kier alpha value is -2.53. The van der Waals surface area contributed by atoms with Crippen molar-refractivity contribution in [1.82, 2.24) is 0 Å². The highest BCUT2D eigenvalue weighted by molar-refractivity contribution is 5.64. The van der Waals surface area contributed by atoms with E-state index in [2.05, 4.69) is 38.1 Å². The number of aliphatic hydroxyl groups is 1. The quantitative estimate of drug-likeness (QED) is 0.233. The fourth-order valence-electron chi connectivity index (χ4n) is 4.62. The van der Waals surface area contributed by atoms with E-state index in [0.29, 0.717) is 32.3 Å². The molecule has 3 rings (SSSR count). The van der Waals surface area contributed by atoms with Crippen LogP contribution in [0.4, 0.5) is 4.79 Å². The summed E-state index contributed by atoms with van der Waals surface area (Å²) in [4.78, 5) is 12.0. The average molecular weight is 483 g/mol. The maximum Gasteiger partial charge on any atom is 0.508 e. The lowest BCUT2D eigenvalue weighted by molar-refractivity contribution is -0.0538. The molecule has 0 amide bonds. The Morgan fingerprint density at radius 3 is 2.06 bits per heavy atom. The molecule has 1 saturated carbocycles. The number of carbonyl (C=O) groups is 1. The van der Waals surface area contributed by atoms with Crippen molar-refractivity contribution in [1.29, 1.82) is 0 Å². The zero-order valence-electron chi connectivity index (χ0n) is 21.5. The molecule has 1 aliphatic carbocycles. The normalized spacial score (nSPS) is 19.8. The van der Waals surface area contributed by atoms with Crippen molar-refractivity contribution >= 4 is 6.16 Å². The minimum Gasteiger partial charge on any atom is -0.494 e. The first-order chi connectivity index (χ1) is 17.0. The van der Waals surface area contributed by atoms with Gasteiger partial charge in [0.2, 0.25) is 0 Å². The van der Waals surface area contributed by atoms with E-state index in [1.807, 2.05) is 24.3 Å². The summed E-state index contributed by atoms with van der Waals surface area (Å²) in [5.41, 5.74) is 2.24. The largest absolute Gasteiger partial charge is 0.508 e. The molecule has 0 bridgehead atoms. The first kappa shape index (κ1) is 27.1. The third kappa shape index (κ3) is 8.57. The molecule has 2 aromatic carbocycles. The van der Waals surface area contributed by atoms with Crippen LogP contribution < -0.4 is 4.74 Å². The van der Waals surface area contributed by atoms with E-state index < -0.39 is 11.8 Å². The summed E-state index contributed by atoms with van der Waals surface area (Å²) >= 11 is 0. The van der Waals surface area contributed by atoms with E-state index >= 15 is 0 Å². The summed E-state index contributed by atoms with van der Waals surface area (Å²) in [6.07, 6.45) is 9.50. The molecule has 5 nitrogen and oxygen atoms in total. The maximum atomic E-state index is 12.0. The lowest BCUT2D eigenvalue weighted by Gasteiger charge is -2.36. The highest BCUT2D eigenvalue weighted by atomic mass is 16.7. The third-order valence-electron chi connectivity index (χ3n) is 6.82. The number of ether oxygens (including phenoxy) is 3. The number of unbranched alkanes of at least 4 members (excludes halogenated alkanes) is 5. The van der Waals surface area contributed by atoms with Crippen molar-refractivity contribution in [3.63, 3.8) is 0 Å². The van der Waals surface area contributed by atoms with Gasteiger partial charge < -0.3 is 19.3 Å². The van der Waals surface area contributed by atoms with Crippen LogP contribution in [0.2, 0.25) is 0 Å². The zero-order chi connectivity index (χ0) is 24.9. The minimum atomic E-state index is -0.890. The fraction of sp³-hybridized carbons (Fsp3) is 0.567. The second-order valence-corrected chi connectivity index (χ2v) is 9.67. The number of benzene rings is 2. The number of carbonyl (C=O) groups excluding carboxylic acids is 1. The van der Waals surface area contributed by atoms with Crippen molar-refractivity contribution in [2.24, 2.45) is 0 Å². The molecule has 1 aliphatic rings. The van der Waals surface area contributed by atoms with Gasteiger partial charge in [-0.1, -0.05) is 82.3 Å². The van der Waals surface area contributed by atoms with Gasteiger partial charge in [0.05, 0.1) is 18.8 Å². The Balaban J connectivity index is 1.42. The van der Waals surface area contributed by atoms with Gasteiger partial charge in [0, 0.05) is 0 Å². The summed E-state index contributed by atoms with van der Waals surface area (Å²) < 4.78 is 16.4. The second-order valence-electron chi connectivity index (χ2n) is 9.67. The molecule has 0 aliphatic heterocycles. The van der Waals surface area contributed by atoms with Crippen LogP contribution in [-0.2, 0) is 15.1 Å². The molecule has 1 N–H and O–H groups in total. The lowest BCUT2D eigenvalue weighted by atomic mass is 9.78. The first-order valence-corrected chi connectivity index (χ1v) is 13.4. The van der Waals surface area contributed by atoms with Crippen molar-refractivity contribution in [2.75, 3.05) is 13.2 Å². The Morgan fingerprint density at radius 1 is 0.829 bits per heavy atom. The number of rotatable bonds is 13. The van der Waals surface area contributed by atoms with Crippen LogP contribution in [0.15, 0.2) is 48.5 Å². The molecule has 192 valence electrons. The Bertz CT molecular complexity index is 867. The Morgan fingerprint density at radius 2 is 1.43 bits per heavy atom. The van der Waals surface area contributed by atoms with Gasteiger partial charge in [0.1, 0.15) is 11.9 Å². The summed E-state index contributed by atoms with van der Waals surface area (Å²) in [5.74, 6) is 0.881. The predicted octanol–water partition coefficient (Wildman–Crippen LogP) is 7.79. The Labute approximate surface area is 210 Å². The SMILES string of the molecule is CCCCCCCCOC(=O)OC1CCC(O)(c2ccc(-c3ccc(OCCC)cc3)cc2)CC1. The van der Waals surface area contributed by atoms with Crippen LogP contribution in [0.5, 0.6) is 5.75 Å². The Kier molecular flexibility index (Phi) is 10.9. The molecule has 0 radical (unpaired) electrons. The molecule has 0 saturated heterocycles. The van der Waals surface area contributed by atoms with Crippen LogP contribution in [0.3, 0.4) is 0 Å². The molecule has 0 atom stereocenters. The summed E-state index contributed by atoms with van der Waals surface area (Å²) in [5, 5.41) is 11.2. The van der Waals surface area contributed by atoms with Gasteiger partial charge in [-0.05, 0) is 67.3 Å². The van der Waals surface area contributed by atoms with E-state index in [-0.39, 0.29) is 6.10 Å². The van der Waals surface area contributed by atoms with Crippen molar-refractivity contribution < 1.29 is 24.1 Å². The second kappa shape index (κ2) is 14.1. The number of hydrogen-bond donors (Lipinski definition) is 1. The van der Waals surface area contributed by atoms with E-state index in [1.165, 1.54) is 25.7 Å². The molecular weight excluding hydrogens is 440 g/mol. The molecule has 5 heteroatoms. The predicted molar refractivity (Wildman–Crippen MR) is 140 cm³/mol. The monoisotopic (exact) mass is 482 g/mol. The lowest BCUT2D eigenvalue weighted by Crippen LogP contribution is -2.35. The van der Waals surface area contributed by atoms with Gasteiger partial charge in [-0.25, -0.2) is 4.79 Å². The van der Waals surface area contributed by atoms with Gasteiger partial charge >= 0.3 is 6.16 Å². The molecule has 0 aromatic heterocycles. The summed E-state index contributed by atoms with van der Waals surface area (Å²) in [7, 11) is 0. The van der Waals surface area contributed by atoms with Gasteiger partial charge in [0.25, 0.3) is 0 Å². The highest BCUT2D eigenvalue weighted by Gasteiger charge is 2.36. The average Bonchev–Trinajstić information content (AvgIpc) is 2.89. The van der Waals surface area contributed by atoms with E-state index in [4.69, 9.17) is 14.2 Å². The minimum absolute atomic E-state index is 0.194. The van der Waals surface area contributed by atoms with E-state index in [0.717, 1.165) is 48.3 Å². The standard InChI is InChI=1S/C30H42O5/c1-3-5-6-7-8-9-23-34-29(31)35-28-18-20-30(32,21-19-28)26-14-10-24(11-15-26)25-12-16-27(17-13-25)33-22-4-2/h10-17,28,32H,3-9,18-23H2,1-2H3. The van der Waals surface area contributed by atoms with Gasteiger partial charge in [-0.2, -0.15) is 0 Å². The molecule has 0 unspecified atom stereocenters. The van der Waals surface area contributed by atoms with Crippen LogP contribution in [0, 0.1) is 0 Å². The molecule has 35 heavy (non-hydrogen) atoms. The van der Waals surface area contributed by atoms with Crippen LogP contribution in [-0.4, -0.2) is 30.6 Å². The van der Waals surface area contributed by atoms with Gasteiger partial charge in [-0.15, -0.1) is 0 Å². The van der Waals surface area contributed by atoms with Gasteiger partial charge in [0.15, 0.2) is 0 Å². The zero-order valence-corrected chi connectivity index (χ0v) is 21.5. The molecule has 0 heterocycles. The number of hydrogen-bond acceptors (Lipinski definition) is 5. The third-order valence-corrected chi connectivity index (χ3v) is 6.82. The summed E-state index contributed by atoms with van der Waals surface area (Å²) in [6.45, 7) is 5.43. The van der Waals surface area contributed by atoms with Crippen molar-refractivity contribution in [3.05, 3.63) is 54.1 Å². The van der Waals surface area contributed by atoms with E-state index in [1.54, 1.807) is 0 Å².